The molecule has 17 heteroatoms. The number of halogens is 1. The highest BCUT2D eigenvalue weighted by molar-refractivity contribution is 6.32. The summed E-state index contributed by atoms with van der Waals surface area (Å²) in [4.78, 5) is 54.2. The van der Waals surface area contributed by atoms with E-state index in [1.165, 1.54) is 0 Å². The fourth-order valence-corrected chi connectivity index (χ4v) is 11.2. The van der Waals surface area contributed by atoms with Crippen LogP contribution in [0.15, 0.2) is 59.4 Å². The van der Waals surface area contributed by atoms with E-state index >= 15 is 0 Å². The summed E-state index contributed by atoms with van der Waals surface area (Å²) in [6.45, 7) is 9.24. The second-order valence-electron chi connectivity index (χ2n) is 19.1. The Morgan fingerprint density at radius 2 is 1.75 bits per heavy atom. The minimum atomic E-state index is -1.87. The summed E-state index contributed by atoms with van der Waals surface area (Å²) >= 11 is 6.29. The molecule has 3 fully saturated rings. The first-order valence-electron chi connectivity index (χ1n) is 23.9. The minimum Gasteiger partial charge on any atom is -0.496 e. The third-order valence-electron chi connectivity index (χ3n) is 15.2. The van der Waals surface area contributed by atoms with E-state index < -0.39 is 11.6 Å². The summed E-state index contributed by atoms with van der Waals surface area (Å²) in [5.74, 6) is 1.27. The SMILES string of the molecule is CC[C@@]1(O)C(=O)OCc2c1cc1n(c2=O)Cc2cc3c(CN4CCN(CC5CCN(c6ccc(C(=O)NC7CCC(N(C)c8ccc(C#N)c(Cl)c8)CC7)nn6)CC5)CC4)c(OC)ccc3nc2-1. The molecule has 1 saturated carbocycles. The van der Waals surface area contributed by atoms with E-state index in [2.05, 4.69) is 54.3 Å². The van der Waals surface area contributed by atoms with Crippen molar-refractivity contribution < 1.29 is 24.2 Å². The van der Waals surface area contributed by atoms with Gasteiger partial charge in [0.2, 0.25) is 0 Å². The minimum absolute atomic E-state index is 0.0760. The van der Waals surface area contributed by atoms with Gasteiger partial charge in [0.15, 0.2) is 17.1 Å². The molecule has 5 aromatic rings. The Morgan fingerprint density at radius 1 is 0.985 bits per heavy atom. The van der Waals surface area contributed by atoms with Gasteiger partial charge in [-0.25, -0.2) is 9.78 Å². The quantitative estimate of drug-likeness (QED) is 0.153. The van der Waals surface area contributed by atoms with Gasteiger partial charge < -0.3 is 39.2 Å². The lowest BCUT2D eigenvalue weighted by molar-refractivity contribution is -0.172. The highest BCUT2D eigenvalue weighted by Crippen LogP contribution is 2.40. The molecule has 3 aromatic heterocycles. The first-order chi connectivity index (χ1) is 32.9. The van der Waals surface area contributed by atoms with E-state index in [4.69, 9.17) is 26.1 Å². The highest BCUT2D eigenvalue weighted by Gasteiger charge is 2.45. The number of amides is 1. The molecule has 2 saturated heterocycles. The zero-order chi connectivity index (χ0) is 47.3. The van der Waals surface area contributed by atoms with E-state index in [-0.39, 0.29) is 30.5 Å². The number of carbonyl (C=O) groups excluding carboxylic acids is 2. The van der Waals surface area contributed by atoms with Crippen LogP contribution in [0, 0.1) is 17.2 Å². The first-order valence-corrected chi connectivity index (χ1v) is 24.3. The number of benzene rings is 2. The van der Waals surface area contributed by atoms with Gasteiger partial charge in [0.05, 0.1) is 46.7 Å². The Morgan fingerprint density at radius 3 is 2.44 bits per heavy atom. The average Bonchev–Trinajstić information content (AvgIpc) is 3.73. The molecule has 7 heterocycles. The van der Waals surface area contributed by atoms with E-state index in [1.807, 2.05) is 30.3 Å². The number of pyridine rings is 2. The van der Waals surface area contributed by atoms with Gasteiger partial charge in [0, 0.05) is 99.3 Å². The Balaban J connectivity index is 0.698. The maximum Gasteiger partial charge on any atom is 0.343 e. The number of aromatic nitrogens is 4. The van der Waals surface area contributed by atoms with Crippen LogP contribution in [0.4, 0.5) is 11.5 Å². The molecule has 2 aromatic carbocycles. The van der Waals surface area contributed by atoms with Gasteiger partial charge in [-0.3, -0.25) is 14.5 Å². The van der Waals surface area contributed by atoms with Gasteiger partial charge >= 0.3 is 5.97 Å². The lowest BCUT2D eigenvalue weighted by atomic mass is 9.86. The average molecular weight is 942 g/mol. The molecular weight excluding hydrogens is 884 g/mol. The van der Waals surface area contributed by atoms with Gasteiger partial charge in [0.1, 0.15) is 18.4 Å². The molecule has 1 aliphatic carbocycles. The number of carbonyl (C=O) groups is 2. The Kier molecular flexibility index (Phi) is 12.6. The van der Waals surface area contributed by atoms with Crippen molar-refractivity contribution in [3.63, 3.8) is 0 Å². The maximum atomic E-state index is 13.7. The monoisotopic (exact) mass is 940 g/mol. The number of aliphatic hydroxyl groups is 1. The largest absolute Gasteiger partial charge is 0.496 e. The van der Waals surface area contributed by atoms with Crippen LogP contribution in [0.5, 0.6) is 5.75 Å². The van der Waals surface area contributed by atoms with E-state index in [9.17, 15) is 24.8 Å². The van der Waals surface area contributed by atoms with Crippen molar-refractivity contribution in [2.75, 3.05) is 69.8 Å². The van der Waals surface area contributed by atoms with Crippen LogP contribution in [-0.2, 0) is 34.8 Å². The summed E-state index contributed by atoms with van der Waals surface area (Å²) < 4.78 is 12.8. The third kappa shape index (κ3) is 8.54. The first kappa shape index (κ1) is 45.7. The number of nitrogens with one attached hydrogen (secondary N) is 1. The Bertz CT molecular complexity index is 2860. The number of nitriles is 1. The smallest absolute Gasteiger partial charge is 0.343 e. The number of hydrogen-bond acceptors (Lipinski definition) is 14. The number of nitrogens with zero attached hydrogens (tertiary/aromatic N) is 9. The van der Waals surface area contributed by atoms with Crippen LogP contribution >= 0.6 is 11.6 Å². The number of anilines is 2. The van der Waals surface area contributed by atoms with E-state index in [0.717, 1.165) is 124 Å². The molecule has 0 radical (unpaired) electrons. The highest BCUT2D eigenvalue weighted by atomic mass is 35.5. The predicted molar refractivity (Wildman–Crippen MR) is 258 cm³/mol. The Labute approximate surface area is 400 Å². The number of piperazine rings is 1. The maximum absolute atomic E-state index is 13.7. The van der Waals surface area contributed by atoms with Crippen LogP contribution in [0.2, 0.25) is 5.02 Å². The number of piperidine rings is 1. The topological polar surface area (TPSA) is 182 Å². The fourth-order valence-electron chi connectivity index (χ4n) is 11.0. The van der Waals surface area contributed by atoms with Crippen LogP contribution in [0.3, 0.4) is 0 Å². The summed E-state index contributed by atoms with van der Waals surface area (Å²) in [5, 5.41) is 34.0. The van der Waals surface area contributed by atoms with Crippen molar-refractivity contribution in [1.82, 2.24) is 34.9 Å². The van der Waals surface area contributed by atoms with E-state index in [1.54, 1.807) is 36.8 Å². The summed E-state index contributed by atoms with van der Waals surface area (Å²) in [6.07, 6.45) is 5.81. The third-order valence-corrected chi connectivity index (χ3v) is 15.5. The molecule has 354 valence electrons. The van der Waals surface area contributed by atoms with Crippen molar-refractivity contribution in [3.05, 3.63) is 103 Å². The lowest BCUT2D eigenvalue weighted by Crippen LogP contribution is -2.48. The zero-order valence-electron chi connectivity index (χ0n) is 38.8. The van der Waals surface area contributed by atoms with Crippen molar-refractivity contribution >= 4 is 45.9 Å². The number of hydrogen-bond donors (Lipinski definition) is 2. The lowest BCUT2D eigenvalue weighted by Gasteiger charge is -2.39. The Hall–Kier alpha value is -6.12. The normalized spacial score (nSPS) is 21.9. The molecule has 0 unspecified atom stereocenters. The molecule has 2 N–H and O–H groups in total. The van der Waals surface area contributed by atoms with Crippen molar-refractivity contribution in [2.45, 2.75) is 89.3 Å². The van der Waals surface area contributed by atoms with Gasteiger partial charge in [-0.05, 0) is 105 Å². The molecule has 1 atom stereocenters. The van der Waals surface area contributed by atoms with Crippen molar-refractivity contribution in [3.8, 4) is 23.2 Å². The van der Waals surface area contributed by atoms with Crippen LogP contribution < -0.4 is 25.4 Å². The standard InChI is InChI=1S/C51H57ClN10O6/c1-4-51(66)40-25-44-47-33(28-62(44)49(64)39(40)30-68-50(51)65)23-37-38(45(67-3)13-11-42(37)55-47)29-60-21-19-59(20-22-60)27-31-15-17-61(18-16-31)46-14-12-43(56-57-46)48(63)54-34-6-9-35(10-7-34)58(2)36-8-5-32(26-53)41(52)24-36/h5,8,11-14,23-25,31,34-35,66H,4,6-7,9-10,15-22,27-30H2,1-3H3,(H,54,63)/t34?,35?,51-/m0/s1. The molecule has 5 aliphatic rings. The van der Waals surface area contributed by atoms with Crippen molar-refractivity contribution in [2.24, 2.45) is 5.92 Å². The number of esters is 1. The molecule has 0 bridgehead atoms. The van der Waals surface area contributed by atoms with Crippen LogP contribution in [0.1, 0.15) is 90.2 Å². The van der Waals surface area contributed by atoms with Crippen LogP contribution in [-0.4, -0.2) is 119 Å². The summed E-state index contributed by atoms with van der Waals surface area (Å²) in [6, 6.07) is 19.5. The molecule has 68 heavy (non-hydrogen) atoms. The van der Waals surface area contributed by atoms with E-state index in [0.29, 0.717) is 63.8 Å². The molecule has 4 aliphatic heterocycles. The predicted octanol–water partition coefficient (Wildman–Crippen LogP) is 5.61. The summed E-state index contributed by atoms with van der Waals surface area (Å²) in [5.41, 5.74) is 4.31. The van der Waals surface area contributed by atoms with Gasteiger partial charge in [-0.1, -0.05) is 18.5 Å². The van der Waals surface area contributed by atoms with Crippen LogP contribution in [0.25, 0.3) is 22.3 Å². The number of cyclic esters (lactones) is 1. The second-order valence-corrected chi connectivity index (χ2v) is 19.5. The molecule has 16 nitrogen and oxygen atoms in total. The number of ether oxygens (including phenoxy) is 2. The number of rotatable bonds is 11. The molecule has 1 amide bonds. The van der Waals surface area contributed by atoms with Gasteiger partial charge in [-0.2, -0.15) is 5.26 Å². The fraction of sp³-hybridized carbons (Fsp3) is 0.471. The van der Waals surface area contributed by atoms with Gasteiger partial charge in [-0.15, -0.1) is 10.2 Å². The second kappa shape index (κ2) is 18.8. The zero-order valence-corrected chi connectivity index (χ0v) is 39.6. The number of methoxy groups -OCH3 is 1. The molecule has 0 spiro atoms. The van der Waals surface area contributed by atoms with Gasteiger partial charge in [0.25, 0.3) is 11.5 Å². The van der Waals surface area contributed by atoms with Crippen molar-refractivity contribution in [1.29, 1.82) is 5.26 Å². The molecular formula is C51H57ClN10O6. The summed E-state index contributed by atoms with van der Waals surface area (Å²) in [7, 11) is 3.75. The number of fused-ring (bicyclic) bond motifs is 5. The molecule has 10 rings (SSSR count).